The van der Waals surface area contributed by atoms with E-state index >= 15 is 0 Å². The summed E-state index contributed by atoms with van der Waals surface area (Å²) in [6.45, 7) is 10.0. The second-order valence-corrected chi connectivity index (χ2v) is 2.67. The summed E-state index contributed by atoms with van der Waals surface area (Å²) in [6.07, 6.45) is 0. The lowest BCUT2D eigenvalue weighted by atomic mass is 10.3. The second-order valence-electron chi connectivity index (χ2n) is 2.67. The Morgan fingerprint density at radius 1 is 0.933 bits per heavy atom. The molecule has 0 aromatic heterocycles. The molecular formula is C11H10N2O2. The van der Waals surface area contributed by atoms with E-state index in [9.17, 15) is 9.59 Å². The zero-order chi connectivity index (χ0) is 11.8. The van der Waals surface area contributed by atoms with Crippen LogP contribution in [0.1, 0.15) is 13.8 Å². The molecule has 0 radical (unpaired) electrons. The van der Waals surface area contributed by atoms with Crippen molar-refractivity contribution in [3.63, 3.8) is 0 Å². The monoisotopic (exact) mass is 202 g/mol. The fraction of sp³-hybridized carbons (Fsp3) is 0.182. The van der Waals surface area contributed by atoms with Crippen molar-refractivity contribution in [2.24, 2.45) is 9.98 Å². The largest absolute Gasteiger partial charge is 0.233 e. The van der Waals surface area contributed by atoms with Crippen LogP contribution in [0.15, 0.2) is 45.7 Å². The van der Waals surface area contributed by atoms with Crippen LogP contribution in [0.4, 0.5) is 0 Å². The topological polar surface area (TPSA) is 58.9 Å². The van der Waals surface area contributed by atoms with E-state index in [4.69, 9.17) is 0 Å². The Bertz CT molecular complexity index is 413. The predicted octanol–water partition coefficient (Wildman–Crippen LogP) is 1.74. The van der Waals surface area contributed by atoms with E-state index in [0.29, 0.717) is 0 Å². The molecule has 0 rings (SSSR count). The molecule has 0 aliphatic heterocycles. The Balaban J connectivity index is 4.76. The third-order valence-electron chi connectivity index (χ3n) is 1.54. The molecule has 15 heavy (non-hydrogen) atoms. The Morgan fingerprint density at radius 3 is 1.53 bits per heavy atom. The molecule has 0 amide bonds. The average molecular weight is 202 g/mol. The molecule has 0 spiro atoms. The highest BCUT2D eigenvalue weighted by atomic mass is 16.1. The van der Waals surface area contributed by atoms with Crippen LogP contribution in [0.25, 0.3) is 0 Å². The lowest BCUT2D eigenvalue weighted by molar-refractivity contribution is 0.566. The summed E-state index contributed by atoms with van der Waals surface area (Å²) in [4.78, 5) is 27.6. The minimum atomic E-state index is 0.217. The maximum absolute atomic E-state index is 10.2. The van der Waals surface area contributed by atoms with Crippen molar-refractivity contribution in [3.05, 3.63) is 35.7 Å². The highest BCUT2D eigenvalue weighted by Gasteiger charge is 1.94. The van der Waals surface area contributed by atoms with Crippen molar-refractivity contribution in [2.45, 2.75) is 13.8 Å². The van der Waals surface area contributed by atoms with Crippen LogP contribution < -0.4 is 0 Å². The van der Waals surface area contributed by atoms with Crippen molar-refractivity contribution in [2.75, 3.05) is 0 Å². The third kappa shape index (κ3) is 4.51. The summed E-state index contributed by atoms with van der Waals surface area (Å²) in [6, 6.07) is 2.27. The highest BCUT2D eigenvalue weighted by molar-refractivity contribution is 5.63. The third-order valence-corrected chi connectivity index (χ3v) is 1.54. The van der Waals surface area contributed by atoms with Gasteiger partial charge in [-0.05, 0) is 13.8 Å². The molecule has 0 aliphatic carbocycles. The maximum Gasteiger partial charge on any atom is 0.129 e. The van der Waals surface area contributed by atoms with Gasteiger partial charge < -0.3 is 0 Å². The first kappa shape index (κ1) is 12.8. The van der Waals surface area contributed by atoms with Gasteiger partial charge in [-0.25, -0.2) is 9.59 Å². The van der Waals surface area contributed by atoms with Gasteiger partial charge in [0.15, 0.2) is 0 Å². The summed E-state index contributed by atoms with van der Waals surface area (Å²) in [5, 5.41) is 0. The molecule has 4 heteroatoms. The predicted molar refractivity (Wildman–Crippen MR) is 57.9 cm³/mol. The molecule has 0 atom stereocenters. The Kier molecular flexibility index (Phi) is 5.32. The quantitative estimate of drug-likeness (QED) is 0.396. The van der Waals surface area contributed by atoms with Gasteiger partial charge in [0.1, 0.15) is 17.9 Å². The molecule has 0 N–H and O–H groups in total. The van der Waals surface area contributed by atoms with E-state index < -0.39 is 0 Å². The van der Waals surface area contributed by atoms with Crippen LogP contribution in [0, 0.1) is 0 Å². The fourth-order valence-electron chi connectivity index (χ4n) is 0.431. The zero-order valence-corrected chi connectivity index (χ0v) is 8.63. The molecule has 0 aromatic rings. The summed E-state index contributed by atoms with van der Waals surface area (Å²) in [5.74, 6) is 3.28. The summed E-state index contributed by atoms with van der Waals surface area (Å²) in [5.41, 5.74) is 0.973. The minimum Gasteiger partial charge on any atom is -0.233 e. The van der Waals surface area contributed by atoms with Crippen molar-refractivity contribution in [1.29, 1.82) is 0 Å². The number of aliphatic imine (C=N–C) groups is 2. The Hall–Kier alpha value is -2.24. The zero-order valence-electron chi connectivity index (χ0n) is 8.63. The minimum absolute atomic E-state index is 0.217. The first-order chi connectivity index (χ1) is 7.02. The van der Waals surface area contributed by atoms with Crippen LogP contribution in [0.5, 0.6) is 0 Å². The molecule has 76 valence electrons. The molecule has 0 saturated carbocycles. The van der Waals surface area contributed by atoms with Gasteiger partial charge in [-0.2, -0.15) is 9.98 Å². The van der Waals surface area contributed by atoms with E-state index in [-0.39, 0.29) is 22.5 Å². The van der Waals surface area contributed by atoms with Crippen LogP contribution in [0.2, 0.25) is 0 Å². The van der Waals surface area contributed by atoms with E-state index in [1.807, 2.05) is 0 Å². The fourth-order valence-corrected chi connectivity index (χ4v) is 0.431. The SMILES string of the molecule is C=C(N=C=NC(=C)C(C)=C=O)C(C)=C=O. The van der Waals surface area contributed by atoms with Gasteiger partial charge in [0, 0.05) is 0 Å². The lowest BCUT2D eigenvalue weighted by Gasteiger charge is -1.90. The van der Waals surface area contributed by atoms with Gasteiger partial charge in [-0.1, -0.05) is 13.2 Å². The van der Waals surface area contributed by atoms with Crippen molar-refractivity contribution in [1.82, 2.24) is 0 Å². The van der Waals surface area contributed by atoms with Crippen LogP contribution in [-0.4, -0.2) is 17.9 Å². The molecule has 0 bridgehead atoms. The molecule has 0 saturated heterocycles. The van der Waals surface area contributed by atoms with Crippen LogP contribution >= 0.6 is 0 Å². The summed E-state index contributed by atoms with van der Waals surface area (Å²) >= 11 is 0. The number of allylic oxidation sites excluding steroid dienone is 2. The van der Waals surface area contributed by atoms with E-state index in [1.165, 1.54) is 13.8 Å². The molecular weight excluding hydrogens is 192 g/mol. The number of hydrogen-bond donors (Lipinski definition) is 0. The van der Waals surface area contributed by atoms with E-state index in [1.54, 1.807) is 11.9 Å². The number of rotatable bonds is 4. The van der Waals surface area contributed by atoms with Crippen molar-refractivity contribution in [3.8, 4) is 0 Å². The number of carbonyl (C=O) groups excluding carboxylic acids is 2. The van der Waals surface area contributed by atoms with Gasteiger partial charge in [0.2, 0.25) is 0 Å². The number of hydrogen-bond acceptors (Lipinski definition) is 4. The molecule has 0 aromatic carbocycles. The van der Waals surface area contributed by atoms with Gasteiger partial charge in [-0.15, -0.1) is 0 Å². The first-order valence-electron chi connectivity index (χ1n) is 4.01. The molecule has 0 fully saturated rings. The normalized spacial score (nSPS) is 7.60. The Labute approximate surface area is 87.7 Å². The van der Waals surface area contributed by atoms with E-state index in [2.05, 4.69) is 29.2 Å². The summed E-state index contributed by atoms with van der Waals surface area (Å²) < 4.78 is 0. The van der Waals surface area contributed by atoms with E-state index in [0.717, 1.165) is 0 Å². The highest BCUT2D eigenvalue weighted by Crippen LogP contribution is 2.04. The van der Waals surface area contributed by atoms with Crippen LogP contribution in [-0.2, 0) is 9.59 Å². The molecule has 4 nitrogen and oxygen atoms in total. The van der Waals surface area contributed by atoms with Crippen molar-refractivity contribution >= 4 is 17.9 Å². The Morgan fingerprint density at radius 2 is 1.27 bits per heavy atom. The van der Waals surface area contributed by atoms with Crippen molar-refractivity contribution < 1.29 is 9.59 Å². The van der Waals surface area contributed by atoms with Gasteiger partial charge in [0.05, 0.1) is 22.5 Å². The first-order valence-corrected chi connectivity index (χ1v) is 4.01. The molecule has 0 heterocycles. The second kappa shape index (κ2) is 6.25. The summed E-state index contributed by atoms with van der Waals surface area (Å²) in [7, 11) is 0. The maximum atomic E-state index is 10.2. The average Bonchev–Trinajstić information content (AvgIpc) is 2.26. The van der Waals surface area contributed by atoms with Gasteiger partial charge in [-0.3, -0.25) is 0 Å². The molecule has 0 aliphatic rings. The van der Waals surface area contributed by atoms with Gasteiger partial charge >= 0.3 is 0 Å². The van der Waals surface area contributed by atoms with Gasteiger partial charge in [0.25, 0.3) is 0 Å². The standard InChI is InChI=1S/C11H10N2O2/c1-8(5-14)10(3)12-7-13-11(4)9(2)6-15/h3-4H2,1-2H3. The lowest BCUT2D eigenvalue weighted by Crippen LogP contribution is -1.81. The smallest absolute Gasteiger partial charge is 0.129 e. The van der Waals surface area contributed by atoms with Crippen LogP contribution in [0.3, 0.4) is 0 Å². The number of nitrogens with zero attached hydrogens (tertiary/aromatic N) is 2. The molecule has 0 unspecified atom stereocenters.